The summed E-state index contributed by atoms with van der Waals surface area (Å²) in [7, 11) is 0. The van der Waals surface area contributed by atoms with Gasteiger partial charge in [-0.3, -0.25) is 4.98 Å². The van der Waals surface area contributed by atoms with Crippen LogP contribution in [0, 0.1) is 0 Å². The number of phenols is 1. The van der Waals surface area contributed by atoms with E-state index < -0.39 is 0 Å². The van der Waals surface area contributed by atoms with E-state index in [-0.39, 0.29) is 24.6 Å². The van der Waals surface area contributed by atoms with E-state index in [0.717, 1.165) is 33.1 Å². The van der Waals surface area contributed by atoms with Gasteiger partial charge in [0.2, 0.25) is 0 Å². The Morgan fingerprint density at radius 3 is 2.27 bits per heavy atom. The first-order valence-corrected chi connectivity index (χ1v) is 6.76. The Balaban J connectivity index is 0.00000144. The molecule has 0 spiro atoms. The van der Waals surface area contributed by atoms with Gasteiger partial charge in [-0.1, -0.05) is 36.4 Å². The van der Waals surface area contributed by atoms with Crippen LogP contribution in [0.15, 0.2) is 66.9 Å². The molecule has 1 radical (unpaired) electrons. The molecule has 4 aromatic rings. The van der Waals surface area contributed by atoms with Crippen LogP contribution < -0.4 is 0 Å². The van der Waals surface area contributed by atoms with Gasteiger partial charge in [-0.25, -0.2) is 4.98 Å². The number of rotatable bonds is 1. The van der Waals surface area contributed by atoms with Crippen LogP contribution in [-0.4, -0.2) is 33.9 Å². The van der Waals surface area contributed by atoms with Crippen molar-refractivity contribution in [3.63, 3.8) is 0 Å². The van der Waals surface area contributed by atoms with Crippen molar-refractivity contribution >= 4 is 40.7 Å². The Bertz CT molecular complexity index is 969. The van der Waals surface area contributed by atoms with E-state index in [4.69, 9.17) is 4.98 Å². The minimum atomic E-state index is 0. The fourth-order valence-electron chi connectivity index (χ4n) is 2.56. The van der Waals surface area contributed by atoms with Crippen LogP contribution in [0.3, 0.4) is 0 Å². The minimum absolute atomic E-state index is 0. The maximum absolute atomic E-state index is 9.99. The van der Waals surface area contributed by atoms with Crippen LogP contribution >= 0.6 is 0 Å². The van der Waals surface area contributed by atoms with Crippen molar-refractivity contribution in [3.8, 4) is 17.0 Å². The molecular formula is C18H12LiN2O. The number of para-hydroxylation sites is 1. The standard InChI is InChI=1S/C18H12N2O.Li/c21-16-6-2-1-5-14(16)15-10-9-13-8-7-12-4-3-11-19-17(12)18(13)20-15;/h1-11,21H;. The fourth-order valence-corrected chi connectivity index (χ4v) is 2.56. The van der Waals surface area contributed by atoms with E-state index in [1.165, 1.54) is 0 Å². The van der Waals surface area contributed by atoms with Gasteiger partial charge in [-0.2, -0.15) is 0 Å². The summed E-state index contributed by atoms with van der Waals surface area (Å²) in [6.07, 6.45) is 1.77. The van der Waals surface area contributed by atoms with Crippen molar-refractivity contribution in [2.24, 2.45) is 0 Å². The van der Waals surface area contributed by atoms with Gasteiger partial charge >= 0.3 is 0 Å². The topological polar surface area (TPSA) is 46.0 Å². The Labute approximate surface area is 139 Å². The molecule has 0 saturated carbocycles. The van der Waals surface area contributed by atoms with Crippen LogP contribution in [0.4, 0.5) is 0 Å². The Hall–Kier alpha value is -2.34. The molecule has 0 amide bonds. The van der Waals surface area contributed by atoms with E-state index in [1.807, 2.05) is 48.5 Å². The van der Waals surface area contributed by atoms with Crippen molar-refractivity contribution in [1.29, 1.82) is 0 Å². The molecule has 101 valence electrons. The van der Waals surface area contributed by atoms with Gasteiger partial charge in [0.1, 0.15) is 5.75 Å². The number of benzene rings is 2. The molecule has 22 heavy (non-hydrogen) atoms. The van der Waals surface area contributed by atoms with Crippen molar-refractivity contribution in [2.75, 3.05) is 0 Å². The van der Waals surface area contributed by atoms with Crippen LogP contribution in [0.5, 0.6) is 5.75 Å². The van der Waals surface area contributed by atoms with Gasteiger partial charge in [-0.15, -0.1) is 0 Å². The summed E-state index contributed by atoms with van der Waals surface area (Å²) in [6.45, 7) is 0. The van der Waals surface area contributed by atoms with E-state index in [0.29, 0.717) is 0 Å². The van der Waals surface area contributed by atoms with E-state index >= 15 is 0 Å². The Morgan fingerprint density at radius 1 is 0.727 bits per heavy atom. The molecule has 0 fully saturated rings. The number of nitrogens with zero attached hydrogens (tertiary/aromatic N) is 2. The largest absolute Gasteiger partial charge is 0.507 e. The molecule has 3 nitrogen and oxygen atoms in total. The molecule has 0 aliphatic heterocycles. The minimum Gasteiger partial charge on any atom is -0.507 e. The molecule has 2 aromatic heterocycles. The SMILES string of the molecule is Oc1ccccc1-c1ccc2ccc3cccnc3c2n1.[Li]. The summed E-state index contributed by atoms with van der Waals surface area (Å²) in [6, 6.07) is 19.2. The van der Waals surface area contributed by atoms with Crippen LogP contribution in [0.2, 0.25) is 0 Å². The Morgan fingerprint density at radius 2 is 1.45 bits per heavy atom. The predicted molar refractivity (Wildman–Crippen MR) is 89.9 cm³/mol. The number of pyridine rings is 2. The second kappa shape index (κ2) is 5.80. The van der Waals surface area contributed by atoms with Gasteiger partial charge in [0, 0.05) is 41.4 Å². The molecular weight excluding hydrogens is 267 g/mol. The van der Waals surface area contributed by atoms with Crippen molar-refractivity contribution in [1.82, 2.24) is 9.97 Å². The van der Waals surface area contributed by atoms with Crippen molar-refractivity contribution in [3.05, 3.63) is 66.9 Å². The zero-order valence-electron chi connectivity index (χ0n) is 12.2. The third kappa shape index (κ3) is 2.35. The number of aromatic hydroxyl groups is 1. The number of hydrogen-bond donors (Lipinski definition) is 1. The summed E-state index contributed by atoms with van der Waals surface area (Å²) in [5.41, 5.74) is 3.22. The number of aromatic nitrogens is 2. The molecule has 4 rings (SSSR count). The molecule has 0 saturated heterocycles. The molecule has 0 aliphatic rings. The first kappa shape index (κ1) is 14.6. The van der Waals surface area contributed by atoms with Crippen molar-refractivity contribution < 1.29 is 5.11 Å². The van der Waals surface area contributed by atoms with Gasteiger partial charge in [0.25, 0.3) is 0 Å². The van der Waals surface area contributed by atoms with Gasteiger partial charge < -0.3 is 5.11 Å². The second-order valence-electron chi connectivity index (χ2n) is 4.93. The first-order chi connectivity index (χ1) is 10.3. The molecule has 2 aromatic carbocycles. The average Bonchev–Trinajstić information content (AvgIpc) is 2.55. The second-order valence-corrected chi connectivity index (χ2v) is 4.93. The van der Waals surface area contributed by atoms with Gasteiger partial charge in [0.05, 0.1) is 16.7 Å². The zero-order chi connectivity index (χ0) is 14.2. The summed E-state index contributed by atoms with van der Waals surface area (Å²) in [4.78, 5) is 9.15. The van der Waals surface area contributed by atoms with E-state index in [9.17, 15) is 5.11 Å². The maximum atomic E-state index is 9.99. The molecule has 2 heterocycles. The number of phenolic OH excluding ortho intramolecular Hbond substituents is 1. The van der Waals surface area contributed by atoms with E-state index in [2.05, 4.69) is 4.98 Å². The number of fused-ring (bicyclic) bond motifs is 3. The number of hydrogen-bond acceptors (Lipinski definition) is 3. The third-order valence-electron chi connectivity index (χ3n) is 3.61. The maximum Gasteiger partial charge on any atom is 0.124 e. The summed E-state index contributed by atoms with van der Waals surface area (Å²) in [5.74, 6) is 0.234. The summed E-state index contributed by atoms with van der Waals surface area (Å²) < 4.78 is 0. The Kier molecular flexibility index (Phi) is 3.85. The fraction of sp³-hybridized carbons (Fsp3) is 0. The molecule has 0 unspecified atom stereocenters. The van der Waals surface area contributed by atoms with Crippen LogP contribution in [0.1, 0.15) is 0 Å². The normalized spacial score (nSPS) is 10.5. The smallest absolute Gasteiger partial charge is 0.124 e. The van der Waals surface area contributed by atoms with Crippen molar-refractivity contribution in [2.45, 2.75) is 0 Å². The van der Waals surface area contributed by atoms with Crippen LogP contribution in [0.25, 0.3) is 33.1 Å². The average molecular weight is 279 g/mol. The summed E-state index contributed by atoms with van der Waals surface area (Å²) >= 11 is 0. The van der Waals surface area contributed by atoms with Gasteiger partial charge in [0.15, 0.2) is 0 Å². The third-order valence-corrected chi connectivity index (χ3v) is 3.61. The van der Waals surface area contributed by atoms with Gasteiger partial charge in [-0.05, 0) is 24.3 Å². The molecule has 0 atom stereocenters. The first-order valence-electron chi connectivity index (χ1n) is 6.76. The molecule has 1 N–H and O–H groups in total. The quantitative estimate of drug-likeness (QED) is 0.426. The molecule has 0 aliphatic carbocycles. The zero-order valence-corrected chi connectivity index (χ0v) is 12.2. The molecule has 0 bridgehead atoms. The van der Waals surface area contributed by atoms with Crippen LogP contribution in [-0.2, 0) is 0 Å². The predicted octanol–water partition coefficient (Wildman–Crippen LogP) is 3.77. The summed E-state index contributed by atoms with van der Waals surface area (Å²) in [5, 5.41) is 12.1. The monoisotopic (exact) mass is 279 g/mol. The molecule has 4 heteroatoms. The van der Waals surface area contributed by atoms with E-state index in [1.54, 1.807) is 18.3 Å².